The van der Waals surface area contributed by atoms with Gasteiger partial charge in [0.2, 0.25) is 0 Å². The van der Waals surface area contributed by atoms with Crippen molar-refractivity contribution < 1.29 is 14.1 Å². The number of hydrogen-bond donors (Lipinski definition) is 0. The molecule has 0 aliphatic carbocycles. The molecule has 0 spiro atoms. The summed E-state index contributed by atoms with van der Waals surface area (Å²) in [6.45, 7) is 4.27. The second kappa shape index (κ2) is 8.46. The number of anilines is 2. The maximum absolute atomic E-state index is 12.5. The molecule has 2 aromatic heterocycles. The fourth-order valence-corrected chi connectivity index (χ4v) is 3.79. The number of nitrogens with zero attached hydrogens (tertiary/aromatic N) is 6. The minimum Gasteiger partial charge on any atom is -0.395 e. The Morgan fingerprint density at radius 2 is 1.45 bits per heavy atom. The summed E-state index contributed by atoms with van der Waals surface area (Å²) in [6.07, 6.45) is 4.93. The monoisotopic (exact) mass is 400 g/mol. The van der Waals surface area contributed by atoms with Gasteiger partial charge in [-0.05, 0) is 31.0 Å². The molecule has 0 aromatic carbocycles. The highest BCUT2D eigenvalue weighted by atomic mass is 16.6. The van der Waals surface area contributed by atoms with Crippen LogP contribution in [-0.2, 0) is 0 Å². The average Bonchev–Trinajstić information content (AvgIpc) is 3.10. The molecular formula is C19H24N6O4. The van der Waals surface area contributed by atoms with E-state index in [1.54, 1.807) is 4.90 Å². The van der Waals surface area contributed by atoms with E-state index in [4.69, 9.17) is 4.42 Å². The Hall–Kier alpha value is -3.17. The van der Waals surface area contributed by atoms with Crippen LogP contribution in [0.25, 0.3) is 0 Å². The van der Waals surface area contributed by atoms with Crippen molar-refractivity contribution in [1.82, 2.24) is 15.1 Å². The predicted molar refractivity (Wildman–Crippen MR) is 106 cm³/mol. The summed E-state index contributed by atoms with van der Waals surface area (Å²) in [4.78, 5) is 28.6. The van der Waals surface area contributed by atoms with Crippen molar-refractivity contribution >= 4 is 23.4 Å². The number of aromatic nitrogens is 2. The highest BCUT2D eigenvalue weighted by Gasteiger charge is 2.26. The smallest absolute Gasteiger partial charge is 0.395 e. The molecule has 2 aliphatic rings. The molecule has 4 rings (SSSR count). The number of hydrogen-bond acceptors (Lipinski definition) is 8. The molecule has 0 N–H and O–H groups in total. The molecule has 2 aromatic rings. The first-order chi connectivity index (χ1) is 14.1. The van der Waals surface area contributed by atoms with E-state index in [2.05, 4.69) is 20.0 Å². The molecule has 29 heavy (non-hydrogen) atoms. The Kier molecular flexibility index (Phi) is 5.59. The molecule has 0 atom stereocenters. The second-order valence-electron chi connectivity index (χ2n) is 7.33. The fraction of sp³-hybridized carbons (Fsp3) is 0.526. The zero-order valence-electron chi connectivity index (χ0n) is 16.2. The van der Waals surface area contributed by atoms with E-state index in [0.717, 1.165) is 24.7 Å². The zero-order chi connectivity index (χ0) is 20.2. The Morgan fingerprint density at radius 1 is 0.862 bits per heavy atom. The summed E-state index contributed by atoms with van der Waals surface area (Å²) in [5.74, 6) is 0.951. The van der Waals surface area contributed by atoms with E-state index in [1.807, 2.05) is 12.1 Å². The maximum Gasteiger partial charge on any atom is 0.433 e. The van der Waals surface area contributed by atoms with E-state index in [0.29, 0.717) is 26.2 Å². The number of rotatable bonds is 4. The second-order valence-corrected chi connectivity index (χ2v) is 7.33. The van der Waals surface area contributed by atoms with Crippen LogP contribution in [0.3, 0.4) is 0 Å². The molecule has 10 nitrogen and oxygen atoms in total. The SMILES string of the molecule is O=C(c1ccc([N+](=O)[O-])o1)N1CCN(c2ccc(N3CCCCCC3)nn2)CC1. The Balaban J connectivity index is 1.34. The maximum atomic E-state index is 12.5. The summed E-state index contributed by atoms with van der Waals surface area (Å²) < 4.78 is 5.02. The first-order valence-corrected chi connectivity index (χ1v) is 9.99. The van der Waals surface area contributed by atoms with Crippen molar-refractivity contribution in [3.8, 4) is 0 Å². The molecule has 154 valence electrons. The number of carbonyl (C=O) groups is 1. The summed E-state index contributed by atoms with van der Waals surface area (Å²) in [6, 6.07) is 6.55. The molecule has 2 fully saturated rings. The van der Waals surface area contributed by atoms with Crippen molar-refractivity contribution in [2.45, 2.75) is 25.7 Å². The zero-order valence-corrected chi connectivity index (χ0v) is 16.2. The molecule has 0 saturated carbocycles. The van der Waals surface area contributed by atoms with Crippen LogP contribution < -0.4 is 9.80 Å². The van der Waals surface area contributed by atoms with Crippen molar-refractivity contribution in [3.05, 3.63) is 40.1 Å². The van der Waals surface area contributed by atoms with E-state index in [-0.39, 0.29) is 11.7 Å². The van der Waals surface area contributed by atoms with Crippen LogP contribution in [0.5, 0.6) is 0 Å². The number of piperazine rings is 1. The van der Waals surface area contributed by atoms with Crippen LogP contribution in [0.2, 0.25) is 0 Å². The van der Waals surface area contributed by atoms with Gasteiger partial charge in [-0.3, -0.25) is 14.9 Å². The van der Waals surface area contributed by atoms with Gasteiger partial charge in [0.25, 0.3) is 5.91 Å². The Bertz CT molecular complexity index is 852. The summed E-state index contributed by atoms with van der Waals surface area (Å²) in [7, 11) is 0. The van der Waals surface area contributed by atoms with Crippen LogP contribution in [-0.4, -0.2) is 65.2 Å². The largest absolute Gasteiger partial charge is 0.433 e. The molecule has 0 bridgehead atoms. The molecule has 10 heteroatoms. The minimum absolute atomic E-state index is 0.00764. The van der Waals surface area contributed by atoms with Crippen molar-refractivity contribution in [1.29, 1.82) is 0 Å². The lowest BCUT2D eigenvalue weighted by atomic mass is 10.2. The van der Waals surface area contributed by atoms with E-state index < -0.39 is 10.8 Å². The molecule has 0 radical (unpaired) electrons. The standard InChI is InChI=1S/C19H24N6O4/c26-19(15-5-8-18(29-15)25(27)28)24-13-11-23(12-14-24)17-7-6-16(20-21-17)22-9-3-1-2-4-10-22/h5-8H,1-4,9-14H2. The van der Waals surface area contributed by atoms with E-state index in [1.165, 1.54) is 37.8 Å². The van der Waals surface area contributed by atoms with Crippen molar-refractivity contribution in [2.75, 3.05) is 49.1 Å². The van der Waals surface area contributed by atoms with Crippen LogP contribution >= 0.6 is 0 Å². The van der Waals surface area contributed by atoms with Gasteiger partial charge in [-0.2, -0.15) is 0 Å². The quantitative estimate of drug-likeness (QED) is 0.568. The van der Waals surface area contributed by atoms with Gasteiger partial charge < -0.3 is 19.1 Å². The highest BCUT2D eigenvalue weighted by Crippen LogP contribution is 2.21. The molecule has 1 amide bonds. The Labute approximate surface area is 168 Å². The molecular weight excluding hydrogens is 376 g/mol. The molecule has 4 heterocycles. The van der Waals surface area contributed by atoms with Gasteiger partial charge in [-0.15, -0.1) is 10.2 Å². The van der Waals surface area contributed by atoms with Gasteiger partial charge >= 0.3 is 5.88 Å². The number of carbonyl (C=O) groups excluding carboxylic acids is 1. The van der Waals surface area contributed by atoms with Gasteiger partial charge in [-0.1, -0.05) is 12.8 Å². The summed E-state index contributed by atoms with van der Waals surface area (Å²) in [5.41, 5.74) is 0. The van der Waals surface area contributed by atoms with Crippen LogP contribution in [0.4, 0.5) is 17.5 Å². The third-order valence-electron chi connectivity index (χ3n) is 5.44. The molecule has 2 aliphatic heterocycles. The number of amides is 1. The number of nitro groups is 1. The van der Waals surface area contributed by atoms with Crippen molar-refractivity contribution in [2.24, 2.45) is 0 Å². The average molecular weight is 400 g/mol. The van der Waals surface area contributed by atoms with Gasteiger partial charge in [0.1, 0.15) is 4.92 Å². The Morgan fingerprint density at radius 3 is 1.97 bits per heavy atom. The van der Waals surface area contributed by atoms with Crippen molar-refractivity contribution in [3.63, 3.8) is 0 Å². The normalized spacial score (nSPS) is 17.9. The van der Waals surface area contributed by atoms with E-state index in [9.17, 15) is 14.9 Å². The highest BCUT2D eigenvalue weighted by molar-refractivity contribution is 5.92. The van der Waals surface area contributed by atoms with Crippen LogP contribution in [0, 0.1) is 10.1 Å². The predicted octanol–water partition coefficient (Wildman–Crippen LogP) is 2.32. The molecule has 0 unspecified atom stereocenters. The first-order valence-electron chi connectivity index (χ1n) is 9.99. The fourth-order valence-electron chi connectivity index (χ4n) is 3.79. The lowest BCUT2D eigenvalue weighted by molar-refractivity contribution is -0.402. The molecule has 2 saturated heterocycles. The minimum atomic E-state index is -0.650. The van der Waals surface area contributed by atoms with Crippen LogP contribution in [0.15, 0.2) is 28.7 Å². The lowest BCUT2D eigenvalue weighted by Crippen LogP contribution is -2.49. The number of furan rings is 1. The summed E-state index contributed by atoms with van der Waals surface area (Å²) >= 11 is 0. The topological polar surface area (TPSA) is 109 Å². The third kappa shape index (κ3) is 4.30. The van der Waals surface area contributed by atoms with Gasteiger partial charge in [0.15, 0.2) is 17.4 Å². The summed E-state index contributed by atoms with van der Waals surface area (Å²) in [5, 5.41) is 19.5. The van der Waals surface area contributed by atoms with E-state index >= 15 is 0 Å². The third-order valence-corrected chi connectivity index (χ3v) is 5.44. The van der Waals surface area contributed by atoms with Crippen LogP contribution in [0.1, 0.15) is 36.2 Å². The van der Waals surface area contributed by atoms with Gasteiger partial charge in [0.05, 0.1) is 6.07 Å². The lowest BCUT2D eigenvalue weighted by Gasteiger charge is -2.34. The van der Waals surface area contributed by atoms with Gasteiger partial charge in [0, 0.05) is 39.3 Å². The van der Waals surface area contributed by atoms with Gasteiger partial charge in [-0.25, -0.2) is 0 Å². The first kappa shape index (κ1) is 19.2.